The molecule has 0 bridgehead atoms. The van der Waals surface area contributed by atoms with E-state index >= 15 is 0 Å². The second kappa shape index (κ2) is 7.92. The Morgan fingerprint density at radius 2 is 1.90 bits per heavy atom. The molecule has 1 rings (SSSR count). The quantitative estimate of drug-likeness (QED) is 0.763. The Labute approximate surface area is 122 Å². The highest BCUT2D eigenvalue weighted by atomic mass is 16.5. The van der Waals surface area contributed by atoms with Crippen molar-refractivity contribution in [1.29, 1.82) is 0 Å². The van der Waals surface area contributed by atoms with Crippen LogP contribution in [-0.2, 0) is 0 Å². The highest BCUT2D eigenvalue weighted by Crippen LogP contribution is 2.28. The van der Waals surface area contributed by atoms with Gasteiger partial charge in [0.25, 0.3) is 0 Å². The lowest BCUT2D eigenvalue weighted by Gasteiger charge is -2.15. The number of nitrogens with one attached hydrogen (secondary N) is 1. The SMILES string of the molecule is CCCOc1nc(C(C)C)nc(NCCC(C)C)c1N. The van der Waals surface area contributed by atoms with Crippen LogP contribution in [0.2, 0.25) is 0 Å². The van der Waals surface area contributed by atoms with Crippen LogP contribution in [0, 0.1) is 5.92 Å². The second-order valence-corrected chi connectivity index (χ2v) is 5.76. The van der Waals surface area contributed by atoms with Crippen LogP contribution >= 0.6 is 0 Å². The van der Waals surface area contributed by atoms with Gasteiger partial charge in [-0.2, -0.15) is 4.98 Å². The Hall–Kier alpha value is -1.52. The lowest BCUT2D eigenvalue weighted by atomic mass is 10.1. The fourth-order valence-electron chi connectivity index (χ4n) is 1.65. The lowest BCUT2D eigenvalue weighted by Crippen LogP contribution is -2.13. The summed E-state index contributed by atoms with van der Waals surface area (Å²) in [6, 6.07) is 0. The van der Waals surface area contributed by atoms with Gasteiger partial charge in [0.2, 0.25) is 5.88 Å². The second-order valence-electron chi connectivity index (χ2n) is 5.76. The topological polar surface area (TPSA) is 73.1 Å². The molecule has 1 aromatic rings. The van der Waals surface area contributed by atoms with Crippen LogP contribution in [0.5, 0.6) is 5.88 Å². The van der Waals surface area contributed by atoms with Crippen molar-refractivity contribution in [3.05, 3.63) is 5.82 Å². The van der Waals surface area contributed by atoms with Gasteiger partial charge in [-0.1, -0.05) is 34.6 Å². The molecule has 20 heavy (non-hydrogen) atoms. The minimum absolute atomic E-state index is 0.241. The highest BCUT2D eigenvalue weighted by Gasteiger charge is 2.14. The third-order valence-corrected chi connectivity index (χ3v) is 2.90. The maximum atomic E-state index is 6.10. The molecule has 0 aliphatic rings. The average molecular weight is 280 g/mol. The number of nitrogen functional groups attached to an aromatic ring is 1. The molecular formula is C15H28N4O. The molecule has 0 aliphatic carbocycles. The van der Waals surface area contributed by atoms with E-state index in [0.29, 0.717) is 29.9 Å². The molecule has 0 atom stereocenters. The zero-order valence-corrected chi connectivity index (χ0v) is 13.4. The zero-order chi connectivity index (χ0) is 15.1. The summed E-state index contributed by atoms with van der Waals surface area (Å²) in [6.45, 7) is 12.0. The van der Waals surface area contributed by atoms with Crippen LogP contribution < -0.4 is 15.8 Å². The van der Waals surface area contributed by atoms with Gasteiger partial charge in [-0.15, -0.1) is 0 Å². The smallest absolute Gasteiger partial charge is 0.242 e. The van der Waals surface area contributed by atoms with E-state index < -0.39 is 0 Å². The molecule has 0 aliphatic heterocycles. The molecule has 0 fully saturated rings. The molecule has 5 heteroatoms. The van der Waals surface area contributed by atoms with Crippen molar-refractivity contribution in [3.63, 3.8) is 0 Å². The lowest BCUT2D eigenvalue weighted by molar-refractivity contribution is 0.305. The average Bonchev–Trinajstić information content (AvgIpc) is 2.38. The first-order chi connectivity index (χ1) is 9.45. The standard InChI is InChI=1S/C15H28N4O/c1-6-9-20-15-12(16)14(17-8-7-10(2)3)18-13(19-15)11(4)5/h10-11H,6-9,16H2,1-5H3,(H,17,18,19). The van der Waals surface area contributed by atoms with E-state index in [2.05, 4.69) is 49.9 Å². The maximum absolute atomic E-state index is 6.10. The van der Waals surface area contributed by atoms with Crippen LogP contribution in [0.1, 0.15) is 59.2 Å². The Morgan fingerprint density at radius 3 is 2.45 bits per heavy atom. The first-order valence-electron chi connectivity index (χ1n) is 7.49. The molecule has 114 valence electrons. The minimum Gasteiger partial charge on any atom is -0.476 e. The minimum atomic E-state index is 0.241. The summed E-state index contributed by atoms with van der Waals surface area (Å²) < 4.78 is 5.63. The molecule has 1 heterocycles. The summed E-state index contributed by atoms with van der Waals surface area (Å²) in [7, 11) is 0. The third kappa shape index (κ3) is 4.87. The van der Waals surface area contributed by atoms with Crippen LogP contribution in [-0.4, -0.2) is 23.1 Å². The Balaban J connectivity index is 2.92. The molecule has 0 amide bonds. The van der Waals surface area contributed by atoms with Gasteiger partial charge in [0.15, 0.2) is 5.82 Å². The van der Waals surface area contributed by atoms with Crippen LogP contribution in [0.4, 0.5) is 11.5 Å². The number of aromatic nitrogens is 2. The van der Waals surface area contributed by atoms with Gasteiger partial charge in [0.05, 0.1) is 6.61 Å². The predicted molar refractivity (Wildman–Crippen MR) is 84.3 cm³/mol. The van der Waals surface area contributed by atoms with E-state index in [-0.39, 0.29) is 5.92 Å². The van der Waals surface area contributed by atoms with Gasteiger partial charge in [-0.25, -0.2) is 4.98 Å². The van der Waals surface area contributed by atoms with Crippen molar-refractivity contribution in [1.82, 2.24) is 9.97 Å². The van der Waals surface area contributed by atoms with Crippen LogP contribution in [0.15, 0.2) is 0 Å². The number of anilines is 2. The van der Waals surface area contributed by atoms with E-state index in [0.717, 1.165) is 25.2 Å². The first-order valence-corrected chi connectivity index (χ1v) is 7.49. The zero-order valence-electron chi connectivity index (χ0n) is 13.4. The van der Waals surface area contributed by atoms with Crippen LogP contribution in [0.25, 0.3) is 0 Å². The number of hydrogen-bond acceptors (Lipinski definition) is 5. The van der Waals surface area contributed by atoms with Crippen molar-refractivity contribution < 1.29 is 4.74 Å². The van der Waals surface area contributed by atoms with Crippen molar-refractivity contribution in [2.24, 2.45) is 5.92 Å². The highest BCUT2D eigenvalue weighted by molar-refractivity contribution is 5.67. The summed E-state index contributed by atoms with van der Waals surface area (Å²) in [4.78, 5) is 8.92. The summed E-state index contributed by atoms with van der Waals surface area (Å²) in [5.74, 6) is 2.83. The van der Waals surface area contributed by atoms with Crippen molar-refractivity contribution >= 4 is 11.5 Å². The maximum Gasteiger partial charge on any atom is 0.242 e. The van der Waals surface area contributed by atoms with Gasteiger partial charge in [-0.05, 0) is 18.8 Å². The monoisotopic (exact) mass is 280 g/mol. The molecule has 0 aromatic carbocycles. The Kier molecular flexibility index (Phi) is 6.55. The van der Waals surface area contributed by atoms with E-state index in [1.165, 1.54) is 0 Å². The third-order valence-electron chi connectivity index (χ3n) is 2.90. The number of rotatable bonds is 8. The first kappa shape index (κ1) is 16.5. The van der Waals surface area contributed by atoms with Gasteiger partial charge in [-0.3, -0.25) is 0 Å². The van der Waals surface area contributed by atoms with E-state index in [1.54, 1.807) is 0 Å². The molecule has 3 N–H and O–H groups in total. The predicted octanol–water partition coefficient (Wildman–Crippen LogP) is 3.43. The summed E-state index contributed by atoms with van der Waals surface area (Å²) >= 11 is 0. The number of nitrogens with zero attached hydrogens (tertiary/aromatic N) is 2. The molecule has 5 nitrogen and oxygen atoms in total. The molecule has 0 spiro atoms. The summed E-state index contributed by atoms with van der Waals surface area (Å²) in [6.07, 6.45) is 2.00. The van der Waals surface area contributed by atoms with Crippen molar-refractivity contribution in [2.75, 3.05) is 24.2 Å². The molecule has 0 saturated heterocycles. The largest absolute Gasteiger partial charge is 0.476 e. The van der Waals surface area contributed by atoms with Crippen LogP contribution in [0.3, 0.4) is 0 Å². The molecule has 0 saturated carbocycles. The van der Waals surface area contributed by atoms with Crippen molar-refractivity contribution in [2.45, 2.75) is 53.4 Å². The summed E-state index contributed by atoms with van der Waals surface area (Å²) in [5, 5.41) is 3.30. The molecule has 0 radical (unpaired) electrons. The molecule has 1 aromatic heterocycles. The normalized spacial score (nSPS) is 11.2. The van der Waals surface area contributed by atoms with E-state index in [9.17, 15) is 0 Å². The Bertz CT molecular complexity index is 419. The fourth-order valence-corrected chi connectivity index (χ4v) is 1.65. The Morgan fingerprint density at radius 1 is 1.20 bits per heavy atom. The van der Waals surface area contributed by atoms with E-state index in [1.807, 2.05) is 0 Å². The number of nitrogens with two attached hydrogens (primary N) is 1. The van der Waals surface area contributed by atoms with Gasteiger partial charge in [0, 0.05) is 12.5 Å². The number of hydrogen-bond donors (Lipinski definition) is 2. The summed E-state index contributed by atoms with van der Waals surface area (Å²) in [5.41, 5.74) is 6.60. The van der Waals surface area contributed by atoms with Gasteiger partial charge < -0.3 is 15.8 Å². The van der Waals surface area contributed by atoms with Gasteiger partial charge >= 0.3 is 0 Å². The fraction of sp³-hybridized carbons (Fsp3) is 0.733. The van der Waals surface area contributed by atoms with Gasteiger partial charge in [0.1, 0.15) is 11.5 Å². The van der Waals surface area contributed by atoms with E-state index in [4.69, 9.17) is 10.5 Å². The molecule has 0 unspecified atom stereocenters. The molecular weight excluding hydrogens is 252 g/mol. The van der Waals surface area contributed by atoms with Crippen molar-refractivity contribution in [3.8, 4) is 5.88 Å². The number of ether oxygens (including phenoxy) is 1.